The van der Waals surface area contributed by atoms with Crippen LogP contribution in [0.4, 0.5) is 11.5 Å². The zero-order valence-corrected chi connectivity index (χ0v) is 14.2. The zero-order chi connectivity index (χ0) is 17.2. The van der Waals surface area contributed by atoms with Gasteiger partial charge in [-0.3, -0.25) is 9.89 Å². The Morgan fingerprint density at radius 1 is 1.20 bits per heavy atom. The highest BCUT2D eigenvalue weighted by Gasteiger charge is 2.17. The summed E-state index contributed by atoms with van der Waals surface area (Å²) in [5.41, 5.74) is 2.24. The lowest BCUT2D eigenvalue weighted by atomic mass is 9.99. The van der Waals surface area contributed by atoms with Crippen LogP contribution in [0, 0.1) is 5.92 Å². The van der Waals surface area contributed by atoms with Crippen molar-refractivity contribution in [2.75, 3.05) is 23.3 Å². The molecule has 1 saturated heterocycles. The first-order chi connectivity index (χ1) is 12.2. The van der Waals surface area contributed by atoms with Crippen LogP contribution in [0.25, 0.3) is 10.9 Å². The Bertz CT molecular complexity index is 878. The van der Waals surface area contributed by atoms with Crippen LogP contribution in [0.3, 0.4) is 0 Å². The molecule has 6 heteroatoms. The normalized spacial score (nSPS) is 15.5. The van der Waals surface area contributed by atoms with Crippen molar-refractivity contribution in [2.45, 2.75) is 19.8 Å². The van der Waals surface area contributed by atoms with E-state index in [9.17, 15) is 4.79 Å². The van der Waals surface area contributed by atoms with E-state index in [1.54, 1.807) is 12.4 Å². The monoisotopic (exact) mass is 335 g/mol. The second kappa shape index (κ2) is 6.55. The molecule has 4 rings (SSSR count). The van der Waals surface area contributed by atoms with Crippen LogP contribution in [0.5, 0.6) is 0 Å². The van der Waals surface area contributed by atoms with Crippen LogP contribution in [-0.2, 0) is 0 Å². The highest BCUT2D eigenvalue weighted by molar-refractivity contribution is 6.05. The van der Waals surface area contributed by atoms with Gasteiger partial charge in [-0.15, -0.1) is 0 Å². The third kappa shape index (κ3) is 3.33. The molecule has 0 bridgehead atoms. The smallest absolute Gasteiger partial charge is 0.257 e. The van der Waals surface area contributed by atoms with E-state index in [0.29, 0.717) is 5.56 Å². The second-order valence-corrected chi connectivity index (χ2v) is 6.70. The number of pyridine rings is 1. The number of aromatic amines is 1. The van der Waals surface area contributed by atoms with Gasteiger partial charge in [0.2, 0.25) is 0 Å². The first-order valence-corrected chi connectivity index (χ1v) is 8.64. The van der Waals surface area contributed by atoms with Gasteiger partial charge in [0.15, 0.2) is 0 Å². The fourth-order valence-electron chi connectivity index (χ4n) is 3.17. The summed E-state index contributed by atoms with van der Waals surface area (Å²) in [6.45, 7) is 4.36. The van der Waals surface area contributed by atoms with Crippen LogP contribution in [0.2, 0.25) is 0 Å². The third-order valence-corrected chi connectivity index (χ3v) is 4.82. The van der Waals surface area contributed by atoms with Crippen molar-refractivity contribution >= 4 is 28.3 Å². The molecule has 0 atom stereocenters. The molecule has 0 radical (unpaired) electrons. The third-order valence-electron chi connectivity index (χ3n) is 4.82. The summed E-state index contributed by atoms with van der Waals surface area (Å²) in [6.07, 6.45) is 5.78. The van der Waals surface area contributed by atoms with E-state index < -0.39 is 0 Å². The Hall–Kier alpha value is -2.89. The highest BCUT2D eigenvalue weighted by Crippen LogP contribution is 2.22. The van der Waals surface area contributed by atoms with E-state index in [-0.39, 0.29) is 5.91 Å². The van der Waals surface area contributed by atoms with Gasteiger partial charge < -0.3 is 10.2 Å². The number of carbonyl (C=O) groups is 1. The number of benzene rings is 1. The van der Waals surface area contributed by atoms with Gasteiger partial charge in [0, 0.05) is 30.4 Å². The van der Waals surface area contributed by atoms with Gasteiger partial charge in [-0.1, -0.05) is 6.92 Å². The molecule has 2 aromatic heterocycles. The summed E-state index contributed by atoms with van der Waals surface area (Å²) in [6, 6.07) is 9.43. The molecule has 0 aliphatic carbocycles. The molecule has 1 aliphatic heterocycles. The minimum atomic E-state index is -0.158. The molecule has 0 unspecified atom stereocenters. The van der Waals surface area contributed by atoms with Crippen LogP contribution in [0.15, 0.2) is 42.7 Å². The number of fused-ring (bicyclic) bond motifs is 1. The van der Waals surface area contributed by atoms with Gasteiger partial charge in [0.1, 0.15) is 5.82 Å². The summed E-state index contributed by atoms with van der Waals surface area (Å²) in [5, 5.41) is 10.8. The van der Waals surface area contributed by atoms with Crippen LogP contribution >= 0.6 is 0 Å². The van der Waals surface area contributed by atoms with E-state index in [4.69, 9.17) is 0 Å². The number of nitrogens with zero attached hydrogens (tertiary/aromatic N) is 3. The number of rotatable bonds is 3. The van der Waals surface area contributed by atoms with Crippen molar-refractivity contribution in [3.05, 3.63) is 48.3 Å². The minimum Gasteiger partial charge on any atom is -0.357 e. The number of anilines is 2. The predicted molar refractivity (Wildman–Crippen MR) is 98.9 cm³/mol. The summed E-state index contributed by atoms with van der Waals surface area (Å²) in [5.74, 6) is 1.58. The Morgan fingerprint density at radius 3 is 2.80 bits per heavy atom. The van der Waals surface area contributed by atoms with Crippen molar-refractivity contribution in [3.8, 4) is 0 Å². The standard InChI is InChI=1S/C19H21N5O/c1-13-6-8-24(9-7-13)18-5-2-14(11-20-18)19(25)22-16-3-4-17-15(10-16)12-21-23-17/h2-5,10-13H,6-9H2,1H3,(H,21,23)(H,22,25). The quantitative estimate of drug-likeness (QED) is 0.769. The lowest BCUT2D eigenvalue weighted by Gasteiger charge is -2.31. The van der Waals surface area contributed by atoms with Gasteiger partial charge in [-0.25, -0.2) is 4.98 Å². The molecule has 2 N–H and O–H groups in total. The van der Waals surface area contributed by atoms with E-state index in [2.05, 4.69) is 32.3 Å². The number of carbonyl (C=O) groups excluding carboxylic acids is 1. The van der Waals surface area contributed by atoms with Crippen LogP contribution < -0.4 is 10.2 Å². The Morgan fingerprint density at radius 2 is 2.04 bits per heavy atom. The average molecular weight is 335 g/mol. The fraction of sp³-hybridized carbons (Fsp3) is 0.316. The van der Waals surface area contributed by atoms with Gasteiger partial charge in [0.05, 0.1) is 17.3 Å². The maximum atomic E-state index is 12.4. The Kier molecular flexibility index (Phi) is 4.09. The first kappa shape index (κ1) is 15.6. The molecule has 3 heterocycles. The molecule has 1 amide bonds. The van der Waals surface area contributed by atoms with E-state index in [1.165, 1.54) is 12.8 Å². The Balaban J connectivity index is 1.44. The SMILES string of the molecule is CC1CCN(c2ccc(C(=O)Nc3ccc4[nH]ncc4c3)cn2)CC1. The highest BCUT2D eigenvalue weighted by atomic mass is 16.1. The van der Waals surface area contributed by atoms with Crippen molar-refractivity contribution in [2.24, 2.45) is 5.92 Å². The number of H-pyrrole nitrogens is 1. The van der Waals surface area contributed by atoms with Crippen LogP contribution in [0.1, 0.15) is 30.1 Å². The number of hydrogen-bond acceptors (Lipinski definition) is 4. The summed E-state index contributed by atoms with van der Waals surface area (Å²) in [7, 11) is 0. The zero-order valence-electron chi connectivity index (χ0n) is 14.2. The molecular weight excluding hydrogens is 314 g/mol. The number of piperidine rings is 1. The minimum absolute atomic E-state index is 0.158. The molecular formula is C19H21N5O. The average Bonchev–Trinajstić information content (AvgIpc) is 3.10. The molecule has 6 nitrogen and oxygen atoms in total. The molecule has 1 aromatic carbocycles. The largest absolute Gasteiger partial charge is 0.357 e. The summed E-state index contributed by atoms with van der Waals surface area (Å²) >= 11 is 0. The number of amides is 1. The van der Waals surface area contributed by atoms with Crippen LogP contribution in [-0.4, -0.2) is 34.2 Å². The number of aromatic nitrogens is 3. The maximum Gasteiger partial charge on any atom is 0.257 e. The topological polar surface area (TPSA) is 73.9 Å². The fourth-order valence-corrected chi connectivity index (χ4v) is 3.17. The Labute approximate surface area is 146 Å². The van der Waals surface area contributed by atoms with Gasteiger partial charge in [-0.2, -0.15) is 5.10 Å². The first-order valence-electron chi connectivity index (χ1n) is 8.64. The summed E-state index contributed by atoms with van der Waals surface area (Å²) < 4.78 is 0. The van der Waals surface area contributed by atoms with E-state index in [0.717, 1.165) is 41.4 Å². The van der Waals surface area contributed by atoms with Crippen molar-refractivity contribution < 1.29 is 4.79 Å². The van der Waals surface area contributed by atoms with E-state index in [1.807, 2.05) is 30.3 Å². The lowest BCUT2D eigenvalue weighted by molar-refractivity contribution is 0.102. The summed E-state index contributed by atoms with van der Waals surface area (Å²) in [4.78, 5) is 19.2. The second-order valence-electron chi connectivity index (χ2n) is 6.70. The van der Waals surface area contributed by atoms with Gasteiger partial charge in [0.25, 0.3) is 5.91 Å². The molecule has 1 fully saturated rings. The molecule has 1 aliphatic rings. The van der Waals surface area contributed by atoms with E-state index >= 15 is 0 Å². The predicted octanol–water partition coefficient (Wildman–Crippen LogP) is 3.45. The van der Waals surface area contributed by atoms with Crippen molar-refractivity contribution in [3.63, 3.8) is 0 Å². The molecule has 0 spiro atoms. The van der Waals surface area contributed by atoms with Crippen molar-refractivity contribution in [1.82, 2.24) is 15.2 Å². The van der Waals surface area contributed by atoms with Gasteiger partial charge >= 0.3 is 0 Å². The van der Waals surface area contributed by atoms with Crippen molar-refractivity contribution in [1.29, 1.82) is 0 Å². The molecule has 0 saturated carbocycles. The molecule has 128 valence electrons. The number of nitrogens with one attached hydrogen (secondary N) is 2. The number of hydrogen-bond donors (Lipinski definition) is 2. The molecule has 3 aromatic rings. The maximum absolute atomic E-state index is 12.4. The molecule has 25 heavy (non-hydrogen) atoms. The van der Waals surface area contributed by atoms with Gasteiger partial charge in [-0.05, 0) is 49.1 Å². The lowest BCUT2D eigenvalue weighted by Crippen LogP contribution is -2.33.